The minimum Gasteiger partial charge on any atom is -0.462 e. The molecule has 0 spiro atoms. The summed E-state index contributed by atoms with van der Waals surface area (Å²) < 4.78 is 68.2. The number of ether oxygens (including phenoxy) is 4. The third-order valence-corrected chi connectivity index (χ3v) is 17.6. The zero-order valence-corrected chi connectivity index (χ0v) is 58.1. The molecule has 0 aromatic carbocycles. The molecule has 516 valence electrons. The number of aliphatic hydroxyl groups is 1. The van der Waals surface area contributed by atoms with Gasteiger partial charge in [0, 0.05) is 25.7 Å². The lowest BCUT2D eigenvalue weighted by Crippen LogP contribution is -2.30. The number of unbranched alkanes of at least 4 members (excludes halogenated alkanes) is 37. The zero-order valence-electron chi connectivity index (χ0n) is 56.3. The maximum Gasteiger partial charge on any atom is 0.472 e. The summed E-state index contributed by atoms with van der Waals surface area (Å²) in [6, 6.07) is 0. The van der Waals surface area contributed by atoms with Gasteiger partial charge in [-0.3, -0.25) is 37.3 Å². The molecule has 19 heteroatoms. The Morgan fingerprint density at radius 1 is 0.310 bits per heavy atom. The van der Waals surface area contributed by atoms with Crippen LogP contribution in [0.25, 0.3) is 0 Å². The first-order valence-electron chi connectivity index (χ1n) is 35.5. The van der Waals surface area contributed by atoms with E-state index in [2.05, 4.69) is 41.5 Å². The SMILES string of the molecule is CCCCCCCCCCCCCCCCC(=O)O[C@H](COC(=O)CCCCCCCCCCCCCCC)COP(=O)(O)OC[C@@H](O)COP(=O)(O)OC[C@@H](COC(=O)CCCCCCCCC(C)C)OC(=O)CCCCCCCCCCC(C)C. The van der Waals surface area contributed by atoms with Crippen LogP contribution in [0.4, 0.5) is 0 Å². The lowest BCUT2D eigenvalue weighted by molar-refractivity contribution is -0.161. The van der Waals surface area contributed by atoms with E-state index in [1.165, 1.54) is 154 Å². The fourth-order valence-corrected chi connectivity index (χ4v) is 11.8. The number of hydrogen-bond donors (Lipinski definition) is 3. The summed E-state index contributed by atoms with van der Waals surface area (Å²) in [5.41, 5.74) is 0. The van der Waals surface area contributed by atoms with E-state index in [4.69, 9.17) is 37.0 Å². The normalized spacial score (nSPS) is 14.2. The molecular formula is C68H132O17P2. The van der Waals surface area contributed by atoms with Gasteiger partial charge in [-0.2, -0.15) is 0 Å². The van der Waals surface area contributed by atoms with Crippen molar-refractivity contribution in [1.82, 2.24) is 0 Å². The van der Waals surface area contributed by atoms with Crippen molar-refractivity contribution in [3.8, 4) is 0 Å². The van der Waals surface area contributed by atoms with Gasteiger partial charge in [0.05, 0.1) is 26.4 Å². The molecule has 0 heterocycles. The summed E-state index contributed by atoms with van der Waals surface area (Å²) in [4.78, 5) is 72.4. The van der Waals surface area contributed by atoms with E-state index in [9.17, 15) is 43.2 Å². The van der Waals surface area contributed by atoms with Crippen LogP contribution in [0.2, 0.25) is 0 Å². The van der Waals surface area contributed by atoms with Crippen LogP contribution < -0.4 is 0 Å². The third kappa shape index (κ3) is 62.6. The minimum atomic E-state index is -4.95. The quantitative estimate of drug-likeness (QED) is 0.0222. The molecule has 0 radical (unpaired) electrons. The second kappa shape index (κ2) is 60.3. The lowest BCUT2D eigenvalue weighted by atomic mass is 10.0. The predicted molar refractivity (Wildman–Crippen MR) is 349 cm³/mol. The number of phosphoric acid groups is 2. The van der Waals surface area contributed by atoms with Crippen molar-refractivity contribution in [1.29, 1.82) is 0 Å². The lowest BCUT2D eigenvalue weighted by Gasteiger charge is -2.21. The summed E-state index contributed by atoms with van der Waals surface area (Å²) >= 11 is 0. The van der Waals surface area contributed by atoms with Crippen molar-refractivity contribution < 1.29 is 80.2 Å². The Bertz CT molecular complexity index is 1700. The third-order valence-electron chi connectivity index (χ3n) is 15.7. The van der Waals surface area contributed by atoms with E-state index in [1.54, 1.807) is 0 Å². The number of carbonyl (C=O) groups is 4. The highest BCUT2D eigenvalue weighted by Crippen LogP contribution is 2.45. The van der Waals surface area contributed by atoms with Crippen molar-refractivity contribution in [3.63, 3.8) is 0 Å². The van der Waals surface area contributed by atoms with Gasteiger partial charge in [0.15, 0.2) is 12.2 Å². The van der Waals surface area contributed by atoms with Gasteiger partial charge in [0.25, 0.3) is 0 Å². The summed E-state index contributed by atoms with van der Waals surface area (Å²) in [6.07, 6.45) is 44.5. The van der Waals surface area contributed by atoms with Gasteiger partial charge in [-0.1, -0.05) is 292 Å². The first-order valence-corrected chi connectivity index (χ1v) is 38.5. The molecule has 3 N–H and O–H groups in total. The molecule has 0 aliphatic heterocycles. The van der Waals surface area contributed by atoms with Crippen molar-refractivity contribution in [2.75, 3.05) is 39.6 Å². The molecule has 87 heavy (non-hydrogen) atoms. The monoisotopic (exact) mass is 1280 g/mol. The number of phosphoric ester groups is 2. The minimum absolute atomic E-state index is 0.103. The fraction of sp³-hybridized carbons (Fsp3) is 0.941. The van der Waals surface area contributed by atoms with Crippen molar-refractivity contribution >= 4 is 39.5 Å². The summed E-state index contributed by atoms with van der Waals surface area (Å²) in [5.74, 6) is -0.731. The maximum absolute atomic E-state index is 13.0. The Labute approximate surface area is 530 Å². The first-order chi connectivity index (χ1) is 41.9. The molecule has 0 saturated heterocycles. The van der Waals surface area contributed by atoms with Crippen LogP contribution in [0.15, 0.2) is 0 Å². The average Bonchev–Trinajstić information content (AvgIpc) is 3.65. The van der Waals surface area contributed by atoms with Gasteiger partial charge in [0.1, 0.15) is 19.3 Å². The van der Waals surface area contributed by atoms with E-state index >= 15 is 0 Å². The van der Waals surface area contributed by atoms with Crippen LogP contribution in [0, 0.1) is 11.8 Å². The average molecular weight is 1280 g/mol. The van der Waals surface area contributed by atoms with Crippen LogP contribution in [0.3, 0.4) is 0 Å². The van der Waals surface area contributed by atoms with Crippen LogP contribution in [-0.2, 0) is 65.4 Å². The molecule has 0 aromatic heterocycles. The Hall–Kier alpha value is -1.94. The first kappa shape index (κ1) is 85.1. The van der Waals surface area contributed by atoms with E-state index < -0.39 is 97.5 Å². The number of carbonyl (C=O) groups excluding carboxylic acids is 4. The molecule has 0 amide bonds. The van der Waals surface area contributed by atoms with Gasteiger partial charge in [-0.25, -0.2) is 9.13 Å². The highest BCUT2D eigenvalue weighted by molar-refractivity contribution is 7.47. The standard InChI is InChI=1S/C68H132O17P2/c1-7-9-11-13-15-17-19-21-23-25-27-32-40-46-52-67(72)84-63(56-78-65(70)50-44-38-31-26-24-22-20-18-16-14-12-10-8-2)58-82-86(74,75)80-54-62(69)55-81-87(76,77)83-59-64(57-79-66(71)51-45-39-35-34-37-43-49-61(5)6)85-68(73)53-47-41-33-29-28-30-36-42-48-60(3)4/h60-64,69H,7-59H2,1-6H3,(H,74,75)(H,76,77)/t62-,63-,64-/m1/s1. The summed E-state index contributed by atoms with van der Waals surface area (Å²) in [6.45, 7) is 9.41. The molecule has 0 saturated carbocycles. The van der Waals surface area contributed by atoms with E-state index in [-0.39, 0.29) is 25.7 Å². The molecule has 0 bridgehead atoms. The Kier molecular flexibility index (Phi) is 59.0. The zero-order chi connectivity index (χ0) is 64.3. The van der Waals surface area contributed by atoms with E-state index in [0.717, 1.165) is 102 Å². The van der Waals surface area contributed by atoms with Crippen molar-refractivity contribution in [2.45, 2.75) is 362 Å². The fourth-order valence-electron chi connectivity index (χ4n) is 10.2. The van der Waals surface area contributed by atoms with Crippen molar-refractivity contribution in [3.05, 3.63) is 0 Å². The molecule has 2 unspecified atom stereocenters. The number of aliphatic hydroxyl groups excluding tert-OH is 1. The number of esters is 4. The largest absolute Gasteiger partial charge is 0.472 e. The number of rotatable bonds is 67. The molecular weight excluding hydrogens is 1150 g/mol. The van der Waals surface area contributed by atoms with E-state index in [1.807, 2.05) is 0 Å². The Balaban J connectivity index is 5.24. The molecule has 0 rings (SSSR count). The van der Waals surface area contributed by atoms with E-state index in [0.29, 0.717) is 31.6 Å². The van der Waals surface area contributed by atoms with Crippen LogP contribution in [0.5, 0.6) is 0 Å². The molecule has 5 atom stereocenters. The topological polar surface area (TPSA) is 237 Å². The Morgan fingerprint density at radius 2 is 0.529 bits per heavy atom. The second-order valence-electron chi connectivity index (χ2n) is 25.5. The molecule has 0 aliphatic rings. The van der Waals surface area contributed by atoms with Crippen LogP contribution >= 0.6 is 15.6 Å². The van der Waals surface area contributed by atoms with Crippen LogP contribution in [-0.4, -0.2) is 96.7 Å². The highest BCUT2D eigenvalue weighted by Gasteiger charge is 2.30. The Morgan fingerprint density at radius 3 is 0.782 bits per heavy atom. The second-order valence-corrected chi connectivity index (χ2v) is 28.4. The number of hydrogen-bond acceptors (Lipinski definition) is 15. The molecule has 0 fully saturated rings. The van der Waals surface area contributed by atoms with Gasteiger partial charge in [-0.15, -0.1) is 0 Å². The summed E-state index contributed by atoms with van der Waals surface area (Å²) in [7, 11) is -9.89. The smallest absolute Gasteiger partial charge is 0.462 e. The van der Waals surface area contributed by atoms with Gasteiger partial charge in [-0.05, 0) is 37.5 Å². The van der Waals surface area contributed by atoms with Gasteiger partial charge >= 0.3 is 39.5 Å². The van der Waals surface area contributed by atoms with Crippen molar-refractivity contribution in [2.24, 2.45) is 11.8 Å². The van der Waals surface area contributed by atoms with Gasteiger partial charge in [0.2, 0.25) is 0 Å². The van der Waals surface area contributed by atoms with Crippen LogP contribution in [0.1, 0.15) is 343 Å². The molecule has 0 aliphatic carbocycles. The molecule has 0 aromatic rings. The summed E-state index contributed by atoms with van der Waals surface area (Å²) in [5, 5.41) is 10.6. The predicted octanol–water partition coefficient (Wildman–Crippen LogP) is 19.2. The van der Waals surface area contributed by atoms with Gasteiger partial charge < -0.3 is 33.8 Å². The maximum atomic E-state index is 13.0. The molecule has 17 nitrogen and oxygen atoms in total. The highest BCUT2D eigenvalue weighted by atomic mass is 31.2.